The zero-order chi connectivity index (χ0) is 16.6. The first kappa shape index (κ1) is 16.6. The predicted octanol–water partition coefficient (Wildman–Crippen LogP) is 2.60. The van der Waals surface area contributed by atoms with Gasteiger partial charge in [-0.05, 0) is 51.1 Å². The lowest BCUT2D eigenvalue weighted by Gasteiger charge is -2.18. The van der Waals surface area contributed by atoms with Crippen molar-refractivity contribution in [2.24, 2.45) is 5.92 Å². The molecule has 6 heteroatoms. The molecule has 0 amide bonds. The Morgan fingerprint density at radius 2 is 2.22 bits per heavy atom. The molecule has 0 radical (unpaired) electrons. The molecule has 0 fully saturated rings. The Morgan fingerprint density at radius 3 is 2.96 bits per heavy atom. The van der Waals surface area contributed by atoms with Gasteiger partial charge in [-0.2, -0.15) is 0 Å². The molecule has 3 rings (SSSR count). The molecular formula is C17H26N4OS. The van der Waals surface area contributed by atoms with Gasteiger partial charge in [0.25, 0.3) is 0 Å². The van der Waals surface area contributed by atoms with Crippen molar-refractivity contribution in [1.82, 2.24) is 14.9 Å². The van der Waals surface area contributed by atoms with Crippen LogP contribution in [-0.4, -0.2) is 39.7 Å². The maximum absolute atomic E-state index is 9.39. The van der Waals surface area contributed by atoms with Crippen molar-refractivity contribution in [1.29, 1.82) is 0 Å². The number of aliphatic hydroxyl groups is 1. The molecule has 0 spiro atoms. The van der Waals surface area contributed by atoms with E-state index in [0.29, 0.717) is 12.4 Å². The highest BCUT2D eigenvalue weighted by atomic mass is 32.1. The number of rotatable bonds is 5. The van der Waals surface area contributed by atoms with Gasteiger partial charge in [0.15, 0.2) is 0 Å². The van der Waals surface area contributed by atoms with Crippen LogP contribution >= 0.6 is 11.3 Å². The quantitative estimate of drug-likeness (QED) is 0.879. The first-order valence-corrected chi connectivity index (χ1v) is 9.19. The summed E-state index contributed by atoms with van der Waals surface area (Å²) in [6.07, 6.45) is 3.93. The predicted molar refractivity (Wildman–Crippen MR) is 95.6 cm³/mol. The Labute approximate surface area is 141 Å². The van der Waals surface area contributed by atoms with Gasteiger partial charge in [0, 0.05) is 11.4 Å². The van der Waals surface area contributed by atoms with Crippen LogP contribution in [0.25, 0.3) is 10.2 Å². The van der Waals surface area contributed by atoms with Crippen LogP contribution < -0.4 is 5.73 Å². The van der Waals surface area contributed by atoms with Gasteiger partial charge in [0.2, 0.25) is 0 Å². The molecule has 2 heterocycles. The number of hydrogen-bond donors (Lipinski definition) is 2. The molecule has 2 aromatic rings. The minimum absolute atomic E-state index is 0.281. The zero-order valence-electron chi connectivity index (χ0n) is 14.2. The highest BCUT2D eigenvalue weighted by Crippen LogP contribution is 2.39. The maximum atomic E-state index is 9.39. The number of aromatic nitrogens is 2. The van der Waals surface area contributed by atoms with Crippen LogP contribution in [0.5, 0.6) is 0 Å². The molecule has 1 aliphatic carbocycles. The third-order valence-corrected chi connectivity index (χ3v) is 5.72. The maximum Gasteiger partial charge on any atom is 0.146 e. The highest BCUT2D eigenvalue weighted by Gasteiger charge is 2.23. The van der Waals surface area contributed by atoms with Crippen LogP contribution in [0.2, 0.25) is 0 Å². The summed E-state index contributed by atoms with van der Waals surface area (Å²) in [4.78, 5) is 13.9. The molecule has 126 valence electrons. The molecule has 2 aromatic heterocycles. The number of nitrogen functional groups attached to an aromatic ring is 1. The lowest BCUT2D eigenvalue weighted by atomic mass is 9.89. The van der Waals surface area contributed by atoms with E-state index >= 15 is 0 Å². The van der Waals surface area contributed by atoms with Gasteiger partial charge in [-0.15, -0.1) is 11.3 Å². The Balaban J connectivity index is 1.84. The number of anilines is 1. The van der Waals surface area contributed by atoms with Crippen LogP contribution in [0.3, 0.4) is 0 Å². The van der Waals surface area contributed by atoms with Crippen LogP contribution in [0.4, 0.5) is 5.82 Å². The second-order valence-corrected chi connectivity index (χ2v) is 8.02. The largest absolute Gasteiger partial charge is 0.393 e. The lowest BCUT2D eigenvalue weighted by molar-refractivity contribution is 0.162. The van der Waals surface area contributed by atoms with Gasteiger partial charge in [-0.1, -0.05) is 6.92 Å². The molecule has 0 aliphatic heterocycles. The Bertz CT molecular complexity index is 697. The van der Waals surface area contributed by atoms with E-state index in [1.165, 1.54) is 16.9 Å². The summed E-state index contributed by atoms with van der Waals surface area (Å²) in [6.45, 7) is 5.60. The van der Waals surface area contributed by atoms with Crippen molar-refractivity contribution in [3.8, 4) is 0 Å². The summed E-state index contributed by atoms with van der Waals surface area (Å²) in [5, 5.41) is 10.5. The first-order valence-electron chi connectivity index (χ1n) is 8.37. The van der Waals surface area contributed by atoms with E-state index in [2.05, 4.69) is 16.8 Å². The molecular weight excluding hydrogens is 308 g/mol. The third-order valence-electron chi connectivity index (χ3n) is 4.57. The number of aryl methyl sites for hydroxylation is 1. The summed E-state index contributed by atoms with van der Waals surface area (Å²) in [5.74, 6) is 2.14. The van der Waals surface area contributed by atoms with Crippen molar-refractivity contribution >= 4 is 27.4 Å². The summed E-state index contributed by atoms with van der Waals surface area (Å²) in [5.41, 5.74) is 7.64. The summed E-state index contributed by atoms with van der Waals surface area (Å²) in [7, 11) is 2.02. The number of nitrogens with zero attached hydrogens (tertiary/aromatic N) is 3. The van der Waals surface area contributed by atoms with Crippen molar-refractivity contribution in [2.45, 2.75) is 52.2 Å². The fourth-order valence-corrected chi connectivity index (χ4v) is 4.62. The van der Waals surface area contributed by atoms with Crippen molar-refractivity contribution in [3.63, 3.8) is 0 Å². The van der Waals surface area contributed by atoms with Gasteiger partial charge in [0.1, 0.15) is 16.5 Å². The minimum Gasteiger partial charge on any atom is -0.393 e. The van der Waals surface area contributed by atoms with Crippen LogP contribution in [0.1, 0.15) is 43.0 Å². The average Bonchev–Trinajstić information content (AvgIpc) is 2.82. The van der Waals surface area contributed by atoms with Crippen molar-refractivity contribution in [2.75, 3.05) is 19.3 Å². The van der Waals surface area contributed by atoms with E-state index in [4.69, 9.17) is 10.7 Å². The summed E-state index contributed by atoms with van der Waals surface area (Å²) >= 11 is 1.79. The molecule has 0 saturated carbocycles. The first-order chi connectivity index (χ1) is 10.9. The fraction of sp³-hybridized carbons (Fsp3) is 0.647. The number of hydrogen-bond acceptors (Lipinski definition) is 6. The fourth-order valence-electron chi connectivity index (χ4n) is 3.21. The Hall–Kier alpha value is -1.24. The minimum atomic E-state index is -0.281. The van der Waals surface area contributed by atoms with Crippen LogP contribution in [0.15, 0.2) is 0 Å². The second-order valence-electron chi connectivity index (χ2n) is 6.93. The second kappa shape index (κ2) is 6.71. The molecule has 1 aliphatic rings. The van der Waals surface area contributed by atoms with E-state index in [1.807, 2.05) is 14.0 Å². The molecule has 0 aromatic carbocycles. The molecule has 0 saturated heterocycles. The van der Waals surface area contributed by atoms with Crippen LogP contribution in [-0.2, 0) is 19.4 Å². The normalized spacial score (nSPS) is 19.3. The molecule has 2 unspecified atom stereocenters. The van der Waals surface area contributed by atoms with Gasteiger partial charge >= 0.3 is 0 Å². The lowest BCUT2D eigenvalue weighted by Crippen LogP contribution is -2.23. The van der Waals surface area contributed by atoms with Gasteiger partial charge in [0.05, 0.1) is 18.0 Å². The Kier molecular flexibility index (Phi) is 4.85. The molecule has 23 heavy (non-hydrogen) atoms. The van der Waals surface area contributed by atoms with E-state index < -0.39 is 0 Å². The highest BCUT2D eigenvalue weighted by molar-refractivity contribution is 7.19. The van der Waals surface area contributed by atoms with E-state index in [0.717, 1.165) is 47.8 Å². The van der Waals surface area contributed by atoms with Crippen molar-refractivity contribution < 1.29 is 5.11 Å². The third kappa shape index (κ3) is 3.65. The topological polar surface area (TPSA) is 75.3 Å². The summed E-state index contributed by atoms with van der Waals surface area (Å²) < 4.78 is 0. The van der Waals surface area contributed by atoms with Gasteiger partial charge < -0.3 is 10.8 Å². The average molecular weight is 334 g/mol. The monoisotopic (exact) mass is 334 g/mol. The van der Waals surface area contributed by atoms with E-state index in [1.54, 1.807) is 11.3 Å². The van der Waals surface area contributed by atoms with E-state index in [9.17, 15) is 5.11 Å². The molecule has 0 bridgehead atoms. The zero-order valence-corrected chi connectivity index (χ0v) is 15.0. The smallest absolute Gasteiger partial charge is 0.146 e. The number of fused-ring (bicyclic) bond motifs is 3. The number of nitrogens with two attached hydrogens (primary N) is 1. The van der Waals surface area contributed by atoms with Crippen molar-refractivity contribution in [3.05, 3.63) is 16.3 Å². The Morgan fingerprint density at radius 1 is 1.43 bits per heavy atom. The molecule has 3 N–H and O–H groups in total. The molecule has 2 atom stereocenters. The van der Waals surface area contributed by atoms with E-state index in [-0.39, 0.29) is 6.10 Å². The van der Waals surface area contributed by atoms with Gasteiger partial charge in [-0.25, -0.2) is 9.97 Å². The number of aliphatic hydroxyl groups excluding tert-OH is 1. The summed E-state index contributed by atoms with van der Waals surface area (Å²) in [6, 6.07) is 0. The number of thiophene rings is 1. The molecule has 5 nitrogen and oxygen atoms in total. The standard InChI is InChI=1S/C17H26N4OS/c1-10-4-5-12-13(8-10)23-17-15(12)16(18)19-14(20-17)9-21(3)7-6-11(2)22/h10-11,22H,4-9H2,1-3H3,(H2,18,19,20). The van der Waals surface area contributed by atoms with Gasteiger partial charge in [-0.3, -0.25) is 4.90 Å². The van der Waals surface area contributed by atoms with Crippen LogP contribution in [0, 0.1) is 5.92 Å². The SMILES string of the molecule is CC(O)CCN(C)Cc1nc(N)c2c3c(sc2n1)CC(C)CC3.